The van der Waals surface area contributed by atoms with Gasteiger partial charge >= 0.3 is 0 Å². The van der Waals surface area contributed by atoms with Crippen molar-refractivity contribution in [2.45, 2.75) is 32.9 Å². The Bertz CT molecular complexity index is 876. The Morgan fingerprint density at radius 1 is 1.15 bits per heavy atom. The Morgan fingerprint density at radius 3 is 2.73 bits per heavy atom. The molecule has 3 aromatic rings. The van der Waals surface area contributed by atoms with Gasteiger partial charge in [0.25, 0.3) is 0 Å². The zero-order chi connectivity index (χ0) is 17.9. The van der Waals surface area contributed by atoms with Crippen molar-refractivity contribution < 1.29 is 9.47 Å². The van der Waals surface area contributed by atoms with Crippen molar-refractivity contribution in [2.75, 3.05) is 6.79 Å². The van der Waals surface area contributed by atoms with E-state index in [9.17, 15) is 0 Å². The Labute approximate surface area is 157 Å². The molecule has 4 rings (SSSR count). The van der Waals surface area contributed by atoms with Gasteiger partial charge in [0.05, 0.1) is 11.7 Å². The molecule has 0 aliphatic carbocycles. The molecule has 0 unspecified atom stereocenters. The fourth-order valence-corrected chi connectivity index (χ4v) is 3.80. The molecule has 5 heteroatoms. The maximum Gasteiger partial charge on any atom is 0.231 e. The second-order valence-corrected chi connectivity index (χ2v) is 7.44. The molecule has 1 aliphatic heterocycles. The summed E-state index contributed by atoms with van der Waals surface area (Å²) in [7, 11) is 0. The fraction of sp³-hybridized carbons (Fsp3) is 0.286. The number of fused-ring (bicyclic) bond motifs is 1. The van der Waals surface area contributed by atoms with Gasteiger partial charge in [-0.25, -0.2) is 0 Å². The minimum Gasteiger partial charge on any atom is -0.454 e. The third-order valence-corrected chi connectivity index (χ3v) is 5.41. The van der Waals surface area contributed by atoms with Crippen LogP contribution in [0.3, 0.4) is 0 Å². The van der Waals surface area contributed by atoms with E-state index in [0.29, 0.717) is 6.79 Å². The molecule has 1 aromatic carbocycles. The zero-order valence-corrected chi connectivity index (χ0v) is 15.8. The molecule has 1 aliphatic rings. The van der Waals surface area contributed by atoms with Crippen molar-refractivity contribution >= 4 is 11.3 Å². The SMILES string of the molecule is Cc1ccc([C@@H](Cc2ccsc2)NCc2cc3c(cc2C)OCO3)nc1. The summed E-state index contributed by atoms with van der Waals surface area (Å²) in [5, 5.41) is 8.01. The maximum atomic E-state index is 5.52. The van der Waals surface area contributed by atoms with E-state index < -0.39 is 0 Å². The van der Waals surface area contributed by atoms with Crippen LogP contribution in [-0.4, -0.2) is 11.8 Å². The van der Waals surface area contributed by atoms with Crippen LogP contribution in [-0.2, 0) is 13.0 Å². The van der Waals surface area contributed by atoms with E-state index in [1.807, 2.05) is 6.20 Å². The van der Waals surface area contributed by atoms with Gasteiger partial charge in [0.15, 0.2) is 11.5 Å². The van der Waals surface area contributed by atoms with Crippen molar-refractivity contribution in [3.8, 4) is 11.5 Å². The van der Waals surface area contributed by atoms with Gasteiger partial charge in [0.1, 0.15) is 0 Å². The highest BCUT2D eigenvalue weighted by atomic mass is 32.1. The third kappa shape index (κ3) is 3.74. The van der Waals surface area contributed by atoms with Crippen LogP contribution in [0.2, 0.25) is 0 Å². The first kappa shape index (κ1) is 17.1. The number of nitrogens with one attached hydrogen (secondary N) is 1. The van der Waals surface area contributed by atoms with Crippen LogP contribution in [0.1, 0.15) is 34.0 Å². The van der Waals surface area contributed by atoms with Crippen molar-refractivity contribution in [1.29, 1.82) is 0 Å². The van der Waals surface area contributed by atoms with Crippen LogP contribution in [0.4, 0.5) is 0 Å². The fourth-order valence-electron chi connectivity index (χ4n) is 3.12. The minimum atomic E-state index is 0.162. The van der Waals surface area contributed by atoms with Gasteiger partial charge in [-0.3, -0.25) is 4.98 Å². The van der Waals surface area contributed by atoms with Gasteiger partial charge in [-0.2, -0.15) is 11.3 Å². The van der Waals surface area contributed by atoms with Gasteiger partial charge in [0.2, 0.25) is 6.79 Å². The summed E-state index contributed by atoms with van der Waals surface area (Å²) in [5.74, 6) is 1.66. The second kappa shape index (κ2) is 7.48. The van der Waals surface area contributed by atoms with E-state index in [4.69, 9.17) is 9.47 Å². The first-order valence-corrected chi connectivity index (χ1v) is 9.69. The number of thiophene rings is 1. The van der Waals surface area contributed by atoms with Crippen LogP contribution in [0, 0.1) is 13.8 Å². The number of hydrogen-bond acceptors (Lipinski definition) is 5. The predicted octanol–water partition coefficient (Wildman–Crippen LogP) is 4.56. The summed E-state index contributed by atoms with van der Waals surface area (Å²) in [6.45, 7) is 5.23. The van der Waals surface area contributed by atoms with Crippen LogP contribution >= 0.6 is 11.3 Å². The highest BCUT2D eigenvalue weighted by molar-refractivity contribution is 7.07. The Kier molecular flexibility index (Phi) is 4.91. The molecular weight excluding hydrogens is 344 g/mol. The number of benzene rings is 1. The number of nitrogens with zero attached hydrogens (tertiary/aromatic N) is 1. The van der Waals surface area contributed by atoms with Crippen LogP contribution in [0.5, 0.6) is 11.5 Å². The Balaban J connectivity index is 1.54. The standard InChI is InChI=1S/C21H22N2O2S/c1-14-3-4-18(22-10-14)19(8-16-5-6-26-12-16)23-11-17-9-21-20(7-15(17)2)24-13-25-21/h3-7,9-10,12,19,23H,8,11,13H2,1-2H3/t19-/m1/s1. The molecule has 0 fully saturated rings. The van der Waals surface area contributed by atoms with E-state index >= 15 is 0 Å². The molecule has 1 atom stereocenters. The lowest BCUT2D eigenvalue weighted by Crippen LogP contribution is -2.24. The molecule has 0 saturated carbocycles. The molecule has 3 heterocycles. The lowest BCUT2D eigenvalue weighted by atomic mass is 10.0. The van der Waals surface area contributed by atoms with E-state index in [0.717, 1.165) is 30.2 Å². The average molecular weight is 366 g/mol. The number of ether oxygens (including phenoxy) is 2. The van der Waals surface area contributed by atoms with Gasteiger partial charge < -0.3 is 14.8 Å². The van der Waals surface area contributed by atoms with E-state index in [1.165, 1.54) is 22.3 Å². The quantitative estimate of drug-likeness (QED) is 0.694. The Morgan fingerprint density at radius 2 is 2.00 bits per heavy atom. The Hall–Kier alpha value is -2.37. The maximum absolute atomic E-state index is 5.52. The summed E-state index contributed by atoms with van der Waals surface area (Å²) >= 11 is 1.73. The number of aryl methyl sites for hydroxylation is 2. The van der Waals surface area contributed by atoms with Crippen molar-refractivity contribution in [2.24, 2.45) is 0 Å². The van der Waals surface area contributed by atoms with E-state index in [-0.39, 0.29) is 6.04 Å². The summed E-state index contributed by atoms with van der Waals surface area (Å²) in [6, 6.07) is 10.7. The smallest absolute Gasteiger partial charge is 0.231 e. The molecule has 0 spiro atoms. The highest BCUT2D eigenvalue weighted by Crippen LogP contribution is 2.34. The molecule has 2 aromatic heterocycles. The van der Waals surface area contributed by atoms with E-state index in [2.05, 4.69) is 65.2 Å². The molecule has 26 heavy (non-hydrogen) atoms. The summed E-state index contributed by atoms with van der Waals surface area (Å²) in [5.41, 5.74) is 6.00. The summed E-state index contributed by atoms with van der Waals surface area (Å²) in [6.07, 6.45) is 2.85. The summed E-state index contributed by atoms with van der Waals surface area (Å²) in [4.78, 5) is 4.65. The molecule has 4 nitrogen and oxygen atoms in total. The number of hydrogen-bond donors (Lipinski definition) is 1. The third-order valence-electron chi connectivity index (χ3n) is 4.68. The van der Waals surface area contributed by atoms with Crippen LogP contribution < -0.4 is 14.8 Å². The largest absolute Gasteiger partial charge is 0.454 e. The molecule has 0 saturated heterocycles. The molecule has 0 bridgehead atoms. The highest BCUT2D eigenvalue weighted by Gasteiger charge is 2.18. The van der Waals surface area contributed by atoms with E-state index in [1.54, 1.807) is 11.3 Å². The van der Waals surface area contributed by atoms with Crippen molar-refractivity contribution in [3.63, 3.8) is 0 Å². The minimum absolute atomic E-state index is 0.162. The first-order valence-electron chi connectivity index (χ1n) is 8.75. The predicted molar refractivity (Wildman–Crippen MR) is 104 cm³/mol. The average Bonchev–Trinajstić information content (AvgIpc) is 3.30. The number of rotatable bonds is 6. The van der Waals surface area contributed by atoms with Crippen LogP contribution in [0.25, 0.3) is 0 Å². The molecule has 0 radical (unpaired) electrons. The molecular formula is C21H22N2O2S. The number of pyridine rings is 1. The lowest BCUT2D eigenvalue weighted by molar-refractivity contribution is 0.174. The second-order valence-electron chi connectivity index (χ2n) is 6.66. The summed E-state index contributed by atoms with van der Waals surface area (Å²) < 4.78 is 11.0. The van der Waals surface area contributed by atoms with Crippen molar-refractivity contribution in [1.82, 2.24) is 10.3 Å². The first-order chi connectivity index (χ1) is 12.7. The van der Waals surface area contributed by atoms with Gasteiger partial charge in [-0.1, -0.05) is 6.07 Å². The molecule has 134 valence electrons. The van der Waals surface area contributed by atoms with Crippen molar-refractivity contribution in [3.05, 3.63) is 75.2 Å². The molecule has 0 amide bonds. The van der Waals surface area contributed by atoms with Crippen LogP contribution in [0.15, 0.2) is 47.3 Å². The normalized spacial score (nSPS) is 13.8. The topological polar surface area (TPSA) is 43.4 Å². The molecule has 1 N–H and O–H groups in total. The van der Waals surface area contributed by atoms with Gasteiger partial charge in [-0.15, -0.1) is 0 Å². The van der Waals surface area contributed by atoms with Gasteiger partial charge in [0, 0.05) is 12.7 Å². The zero-order valence-electron chi connectivity index (χ0n) is 15.0. The number of aromatic nitrogens is 1. The monoisotopic (exact) mass is 366 g/mol. The van der Waals surface area contributed by atoms with Gasteiger partial charge in [-0.05, 0) is 77.5 Å². The lowest BCUT2D eigenvalue weighted by Gasteiger charge is -2.19.